The van der Waals surface area contributed by atoms with Crippen molar-refractivity contribution in [2.45, 2.75) is 6.18 Å². The molecule has 1 amide bonds. The highest BCUT2D eigenvalue weighted by Gasteiger charge is 2.30. The number of nitrogens with zero attached hydrogens (tertiary/aromatic N) is 1. The van der Waals surface area contributed by atoms with Crippen LogP contribution in [-0.2, 0) is 6.18 Å². The van der Waals surface area contributed by atoms with Crippen molar-refractivity contribution in [3.05, 3.63) is 56.7 Å². The van der Waals surface area contributed by atoms with Gasteiger partial charge in [0.15, 0.2) is 5.13 Å². The number of hydrogen-bond donors (Lipinski definition) is 1. The molecule has 3 rings (SSSR count). The largest absolute Gasteiger partial charge is 0.416 e. The van der Waals surface area contributed by atoms with Gasteiger partial charge in [0.05, 0.1) is 19.9 Å². The Morgan fingerprint density at radius 2 is 2.00 bits per heavy atom. The molecule has 1 aromatic carbocycles. The summed E-state index contributed by atoms with van der Waals surface area (Å²) in [4.78, 5) is 17.3. The van der Waals surface area contributed by atoms with E-state index in [0.717, 1.165) is 20.8 Å². The van der Waals surface area contributed by atoms with Gasteiger partial charge in [-0.05, 0) is 46.3 Å². The zero-order chi connectivity index (χ0) is 17.3. The van der Waals surface area contributed by atoms with Crippen molar-refractivity contribution >= 4 is 49.6 Å². The van der Waals surface area contributed by atoms with Crippen LogP contribution in [0.1, 0.15) is 15.9 Å². The first-order chi connectivity index (χ1) is 11.3. The number of thiazole rings is 1. The van der Waals surface area contributed by atoms with Crippen molar-refractivity contribution in [2.24, 2.45) is 0 Å². The molecule has 0 atom stereocenters. The van der Waals surface area contributed by atoms with Crippen LogP contribution in [0.4, 0.5) is 18.3 Å². The van der Waals surface area contributed by atoms with E-state index in [2.05, 4.69) is 26.2 Å². The molecule has 2 aromatic heterocycles. The van der Waals surface area contributed by atoms with Gasteiger partial charge in [0, 0.05) is 10.9 Å². The number of carbonyl (C=O) groups excluding carboxylic acids is 1. The van der Waals surface area contributed by atoms with Gasteiger partial charge in [-0.3, -0.25) is 10.1 Å². The van der Waals surface area contributed by atoms with Crippen molar-refractivity contribution in [3.8, 4) is 10.6 Å². The highest BCUT2D eigenvalue weighted by molar-refractivity contribution is 9.11. The van der Waals surface area contributed by atoms with Crippen molar-refractivity contribution in [1.82, 2.24) is 4.98 Å². The number of benzene rings is 1. The number of hydrogen-bond acceptors (Lipinski definition) is 4. The van der Waals surface area contributed by atoms with Gasteiger partial charge in [-0.15, -0.1) is 22.7 Å². The fourth-order valence-electron chi connectivity index (χ4n) is 1.90. The third-order valence-corrected chi connectivity index (χ3v) is 5.41. The quantitative estimate of drug-likeness (QED) is 0.559. The van der Waals surface area contributed by atoms with E-state index in [9.17, 15) is 18.0 Å². The molecule has 0 aliphatic heterocycles. The molecule has 3 aromatic rings. The van der Waals surface area contributed by atoms with Crippen LogP contribution in [0.15, 0.2) is 45.6 Å². The SMILES string of the molecule is O=C(Nc1nc(-c2ccc(Br)s2)cs1)c1cccc(C(F)(F)F)c1. The smallest absolute Gasteiger partial charge is 0.298 e. The lowest BCUT2D eigenvalue weighted by Crippen LogP contribution is -2.13. The molecule has 3 nitrogen and oxygen atoms in total. The van der Waals surface area contributed by atoms with Crippen LogP contribution >= 0.6 is 38.6 Å². The number of anilines is 1. The molecule has 1 N–H and O–H groups in total. The van der Waals surface area contributed by atoms with Gasteiger partial charge in [-0.25, -0.2) is 4.98 Å². The minimum Gasteiger partial charge on any atom is -0.298 e. The van der Waals surface area contributed by atoms with Gasteiger partial charge in [-0.2, -0.15) is 13.2 Å². The van der Waals surface area contributed by atoms with Crippen molar-refractivity contribution in [3.63, 3.8) is 0 Å². The van der Waals surface area contributed by atoms with Gasteiger partial charge < -0.3 is 0 Å². The number of amides is 1. The maximum Gasteiger partial charge on any atom is 0.416 e. The zero-order valence-electron chi connectivity index (χ0n) is 11.7. The second-order valence-corrected chi connectivity index (χ2v) is 8.00. The second kappa shape index (κ2) is 6.66. The van der Waals surface area contributed by atoms with Crippen LogP contribution in [0.5, 0.6) is 0 Å². The van der Waals surface area contributed by atoms with Gasteiger partial charge in [0.2, 0.25) is 0 Å². The van der Waals surface area contributed by atoms with Gasteiger partial charge >= 0.3 is 6.18 Å². The van der Waals surface area contributed by atoms with Crippen molar-refractivity contribution < 1.29 is 18.0 Å². The summed E-state index contributed by atoms with van der Waals surface area (Å²) in [6.07, 6.45) is -4.49. The van der Waals surface area contributed by atoms with E-state index in [4.69, 9.17) is 0 Å². The third-order valence-electron chi connectivity index (χ3n) is 3.00. The fourth-order valence-corrected chi connectivity index (χ4v) is 4.03. The first kappa shape index (κ1) is 17.1. The van der Waals surface area contributed by atoms with Crippen LogP contribution in [0.2, 0.25) is 0 Å². The summed E-state index contributed by atoms with van der Waals surface area (Å²) >= 11 is 6.07. The topological polar surface area (TPSA) is 42.0 Å². The highest BCUT2D eigenvalue weighted by atomic mass is 79.9. The fraction of sp³-hybridized carbons (Fsp3) is 0.0667. The summed E-state index contributed by atoms with van der Waals surface area (Å²) in [5.41, 5.74) is -0.228. The van der Waals surface area contributed by atoms with E-state index in [-0.39, 0.29) is 5.56 Å². The molecule has 0 aliphatic rings. The first-order valence-corrected chi connectivity index (χ1v) is 9.02. The molecule has 0 saturated heterocycles. The van der Waals surface area contributed by atoms with Gasteiger partial charge in [0.1, 0.15) is 0 Å². The summed E-state index contributed by atoms with van der Waals surface area (Å²) in [5.74, 6) is -0.630. The van der Waals surface area contributed by atoms with Crippen LogP contribution in [-0.4, -0.2) is 10.9 Å². The second-order valence-electron chi connectivity index (χ2n) is 4.67. The average Bonchev–Trinajstić information content (AvgIpc) is 3.15. The Balaban J connectivity index is 1.77. The zero-order valence-corrected chi connectivity index (χ0v) is 14.9. The summed E-state index contributed by atoms with van der Waals surface area (Å²) in [6, 6.07) is 8.05. The maximum absolute atomic E-state index is 12.7. The Hall–Kier alpha value is -1.71. The number of rotatable bonds is 3. The van der Waals surface area contributed by atoms with E-state index in [1.54, 1.807) is 5.38 Å². The predicted molar refractivity (Wildman–Crippen MR) is 92.5 cm³/mol. The molecule has 124 valence electrons. The summed E-state index contributed by atoms with van der Waals surface area (Å²) in [7, 11) is 0. The first-order valence-electron chi connectivity index (χ1n) is 6.53. The van der Waals surface area contributed by atoms with Gasteiger partial charge in [-0.1, -0.05) is 6.07 Å². The molecule has 0 saturated carbocycles. The minimum atomic E-state index is -4.49. The molecule has 0 bridgehead atoms. The summed E-state index contributed by atoms with van der Waals surface area (Å²) in [5, 5.41) is 4.64. The Morgan fingerprint density at radius 3 is 2.67 bits per heavy atom. The van der Waals surface area contributed by atoms with Crippen LogP contribution in [0.25, 0.3) is 10.6 Å². The van der Waals surface area contributed by atoms with Gasteiger partial charge in [0.25, 0.3) is 5.91 Å². The van der Waals surface area contributed by atoms with E-state index < -0.39 is 17.6 Å². The van der Waals surface area contributed by atoms with Crippen molar-refractivity contribution in [1.29, 1.82) is 0 Å². The van der Waals surface area contributed by atoms with E-state index in [1.807, 2.05) is 12.1 Å². The molecule has 0 radical (unpaired) electrons. The Morgan fingerprint density at radius 1 is 1.21 bits per heavy atom. The Bertz CT molecular complexity index is 889. The van der Waals surface area contributed by atoms with Crippen LogP contribution in [0.3, 0.4) is 0 Å². The highest BCUT2D eigenvalue weighted by Crippen LogP contribution is 2.33. The molecule has 0 fully saturated rings. The molecule has 0 aliphatic carbocycles. The van der Waals surface area contributed by atoms with Crippen LogP contribution in [0, 0.1) is 0 Å². The van der Waals surface area contributed by atoms with Crippen molar-refractivity contribution in [2.75, 3.05) is 5.32 Å². The molecular formula is C15H8BrF3N2OS2. The molecule has 0 spiro atoms. The summed E-state index contributed by atoms with van der Waals surface area (Å²) < 4.78 is 39.1. The van der Waals surface area contributed by atoms with Crippen LogP contribution < -0.4 is 5.32 Å². The number of thiophene rings is 1. The normalized spacial score (nSPS) is 11.5. The predicted octanol–water partition coefficient (Wildman–Crippen LogP) is 5.91. The lowest BCUT2D eigenvalue weighted by molar-refractivity contribution is -0.137. The molecule has 2 heterocycles. The number of alkyl halides is 3. The molecule has 0 unspecified atom stereocenters. The number of halogens is 4. The van der Waals surface area contributed by atoms with E-state index in [1.165, 1.54) is 34.8 Å². The van der Waals surface area contributed by atoms with E-state index >= 15 is 0 Å². The average molecular weight is 433 g/mol. The molecular weight excluding hydrogens is 425 g/mol. The lowest BCUT2D eigenvalue weighted by atomic mass is 10.1. The Labute approximate surface area is 151 Å². The molecule has 9 heteroatoms. The Kier molecular flexibility index (Phi) is 4.75. The number of nitrogens with one attached hydrogen (secondary N) is 1. The lowest BCUT2D eigenvalue weighted by Gasteiger charge is -2.08. The number of aromatic nitrogens is 1. The van der Waals surface area contributed by atoms with E-state index in [0.29, 0.717) is 10.8 Å². The number of carbonyl (C=O) groups is 1. The molecule has 24 heavy (non-hydrogen) atoms. The summed E-state index contributed by atoms with van der Waals surface area (Å²) in [6.45, 7) is 0. The standard InChI is InChI=1S/C15H8BrF3N2OS2/c16-12-5-4-11(24-12)10-7-23-14(20-10)21-13(22)8-2-1-3-9(6-8)15(17,18)19/h1-7H,(H,20,21,22). The monoisotopic (exact) mass is 432 g/mol. The minimum absolute atomic E-state index is 0.0690. The maximum atomic E-state index is 12.7. The third kappa shape index (κ3) is 3.85.